The van der Waals surface area contributed by atoms with Crippen LogP contribution in [0, 0.1) is 0 Å². The number of hydrogen-bond donors (Lipinski definition) is 1. The van der Waals surface area contributed by atoms with Gasteiger partial charge in [0.05, 0.1) is 22.2 Å². The van der Waals surface area contributed by atoms with E-state index in [1.54, 1.807) is 0 Å². The molecule has 0 saturated carbocycles. The average molecular weight is 449 g/mol. The van der Waals surface area contributed by atoms with Crippen molar-refractivity contribution >= 4 is 49.7 Å². The highest BCUT2D eigenvalue weighted by Crippen LogP contribution is 2.38. The lowest BCUT2D eigenvalue weighted by atomic mass is 10.0. The van der Waals surface area contributed by atoms with Gasteiger partial charge in [-0.05, 0) is 41.3 Å². The summed E-state index contributed by atoms with van der Waals surface area (Å²) >= 11 is 0. The Morgan fingerprint density at radius 1 is 0.657 bits per heavy atom. The van der Waals surface area contributed by atoms with Gasteiger partial charge in [-0.3, -0.25) is 0 Å². The van der Waals surface area contributed by atoms with E-state index in [1.165, 1.54) is 60.4 Å². The molecule has 0 atom stereocenters. The van der Waals surface area contributed by atoms with Gasteiger partial charge in [0.15, 0.2) is 0 Å². The van der Waals surface area contributed by atoms with Gasteiger partial charge in [0, 0.05) is 27.1 Å². The first-order chi connectivity index (χ1) is 17.3. The van der Waals surface area contributed by atoms with E-state index in [0.29, 0.717) is 0 Å². The van der Waals surface area contributed by atoms with Crippen molar-refractivity contribution in [2.45, 2.75) is 6.42 Å². The fraction of sp³-hybridized carbons (Fsp3) is 0.0303. The molecule has 2 heterocycles. The minimum Gasteiger partial charge on any atom is -0.353 e. The molecule has 0 aliphatic carbocycles. The van der Waals surface area contributed by atoms with Crippen LogP contribution in [0.25, 0.3) is 55.4 Å². The Morgan fingerprint density at radius 3 is 2.23 bits per heavy atom. The van der Waals surface area contributed by atoms with Crippen LogP contribution in [-0.4, -0.2) is 9.55 Å². The Morgan fingerprint density at radius 2 is 1.37 bits per heavy atom. The van der Waals surface area contributed by atoms with Gasteiger partial charge in [-0.1, -0.05) is 104 Å². The molecule has 2 aromatic heterocycles. The van der Waals surface area contributed by atoms with E-state index >= 15 is 0 Å². The third kappa shape index (κ3) is 3.04. The predicted molar refractivity (Wildman–Crippen MR) is 149 cm³/mol. The van der Waals surface area contributed by atoms with Crippen LogP contribution in [0.2, 0.25) is 0 Å². The zero-order valence-corrected chi connectivity index (χ0v) is 19.3. The number of nitrogens with one attached hydrogen (secondary N) is 1. The zero-order valence-electron chi connectivity index (χ0n) is 19.3. The maximum absolute atomic E-state index is 3.89. The molecule has 0 aliphatic rings. The molecule has 7 aromatic rings. The molecule has 0 spiro atoms. The second-order valence-corrected chi connectivity index (χ2v) is 9.16. The van der Waals surface area contributed by atoms with E-state index in [2.05, 4.69) is 125 Å². The minimum absolute atomic E-state index is 0.869. The largest absolute Gasteiger partial charge is 0.353 e. The topological polar surface area (TPSA) is 20.7 Å². The summed E-state index contributed by atoms with van der Waals surface area (Å²) < 4.78 is 2.45. The number of fused-ring (bicyclic) bond motifs is 6. The van der Waals surface area contributed by atoms with Gasteiger partial charge in [-0.15, -0.1) is 0 Å². The molecular weight excluding hydrogens is 424 g/mol. The van der Waals surface area contributed by atoms with Gasteiger partial charge < -0.3 is 9.55 Å². The van der Waals surface area contributed by atoms with Crippen LogP contribution >= 0.6 is 0 Å². The van der Waals surface area contributed by atoms with Gasteiger partial charge in [0.25, 0.3) is 0 Å². The lowest BCUT2D eigenvalue weighted by Crippen LogP contribution is -1.99. The molecule has 5 aromatic carbocycles. The molecule has 2 heteroatoms. The molecule has 0 radical (unpaired) electrons. The van der Waals surface area contributed by atoms with Gasteiger partial charge in [-0.25, -0.2) is 0 Å². The summed E-state index contributed by atoms with van der Waals surface area (Å²) in [5.41, 5.74) is 9.77. The maximum atomic E-state index is 3.89. The quantitative estimate of drug-likeness (QED) is 0.278. The maximum Gasteiger partial charge on any atom is 0.0709 e. The number of para-hydroxylation sites is 4. The Kier molecular flexibility index (Phi) is 4.40. The molecule has 0 bridgehead atoms. The van der Waals surface area contributed by atoms with Gasteiger partial charge in [0.2, 0.25) is 0 Å². The summed E-state index contributed by atoms with van der Waals surface area (Å²) in [6, 6.07) is 39.3. The second-order valence-electron chi connectivity index (χ2n) is 9.16. The summed E-state index contributed by atoms with van der Waals surface area (Å²) in [5, 5.41) is 5.07. The summed E-state index contributed by atoms with van der Waals surface area (Å²) in [5.74, 6) is 0. The molecule has 0 amide bonds. The van der Waals surface area contributed by atoms with Crippen LogP contribution in [0.4, 0.5) is 0 Å². The van der Waals surface area contributed by atoms with E-state index in [4.69, 9.17) is 0 Å². The highest BCUT2D eigenvalue weighted by molar-refractivity contribution is 6.14. The number of nitrogens with zero attached hydrogens (tertiary/aromatic N) is 1. The van der Waals surface area contributed by atoms with Gasteiger partial charge in [0.1, 0.15) is 0 Å². The van der Waals surface area contributed by atoms with Crippen molar-refractivity contribution in [3.05, 3.63) is 132 Å². The lowest BCUT2D eigenvalue weighted by Gasteiger charge is -2.13. The van der Waals surface area contributed by atoms with E-state index in [1.807, 2.05) is 6.08 Å². The third-order valence-electron chi connectivity index (χ3n) is 7.15. The average Bonchev–Trinajstić information content (AvgIpc) is 3.46. The van der Waals surface area contributed by atoms with E-state index < -0.39 is 0 Å². The normalized spacial score (nSPS) is 11.7. The number of rotatable bonds is 4. The van der Waals surface area contributed by atoms with Crippen molar-refractivity contribution in [2.75, 3.05) is 0 Å². The molecule has 35 heavy (non-hydrogen) atoms. The number of aromatic amines is 1. The Balaban J connectivity index is 1.55. The number of hydrogen-bond acceptors (Lipinski definition) is 0. The lowest BCUT2D eigenvalue weighted by molar-refractivity contribution is 1.14. The highest BCUT2D eigenvalue weighted by atomic mass is 15.0. The fourth-order valence-corrected chi connectivity index (χ4v) is 5.52. The molecule has 166 valence electrons. The Bertz CT molecular complexity index is 1880. The molecule has 0 saturated heterocycles. The zero-order chi connectivity index (χ0) is 23.4. The number of aromatic nitrogens is 2. The van der Waals surface area contributed by atoms with Crippen molar-refractivity contribution in [1.82, 2.24) is 9.55 Å². The van der Waals surface area contributed by atoms with Crippen molar-refractivity contribution in [3.8, 4) is 5.69 Å². The molecule has 0 aliphatic heterocycles. The first-order valence-corrected chi connectivity index (χ1v) is 12.0. The van der Waals surface area contributed by atoms with Crippen molar-refractivity contribution in [3.63, 3.8) is 0 Å². The van der Waals surface area contributed by atoms with Crippen molar-refractivity contribution < 1.29 is 0 Å². The molecule has 2 nitrogen and oxygen atoms in total. The van der Waals surface area contributed by atoms with Crippen LogP contribution in [0.1, 0.15) is 16.7 Å². The van der Waals surface area contributed by atoms with E-state index in [-0.39, 0.29) is 0 Å². The van der Waals surface area contributed by atoms with E-state index in [0.717, 1.165) is 12.0 Å². The fourth-order valence-electron chi connectivity index (χ4n) is 5.52. The number of benzene rings is 5. The molecule has 1 N–H and O–H groups in total. The summed E-state index contributed by atoms with van der Waals surface area (Å²) in [7, 11) is 0. The second kappa shape index (κ2) is 7.75. The van der Waals surface area contributed by atoms with Crippen molar-refractivity contribution in [1.29, 1.82) is 0 Å². The summed E-state index contributed by atoms with van der Waals surface area (Å²) in [6.45, 7) is 3.89. The van der Waals surface area contributed by atoms with Crippen LogP contribution < -0.4 is 0 Å². The predicted octanol–water partition coefficient (Wildman–Crippen LogP) is 8.65. The third-order valence-corrected chi connectivity index (χ3v) is 7.15. The Labute approximate surface area is 203 Å². The SMILES string of the molecule is C=Cc1ccc(Cc2cccc3c4ccccc4n(-c4cccc5c4[nH]c4ccccc45)c23)cc1. The number of H-pyrrole nitrogens is 1. The molecule has 7 rings (SSSR count). The van der Waals surface area contributed by atoms with Crippen LogP contribution in [0.3, 0.4) is 0 Å². The van der Waals surface area contributed by atoms with Crippen molar-refractivity contribution in [2.24, 2.45) is 0 Å². The molecule has 0 fully saturated rings. The summed E-state index contributed by atoms with van der Waals surface area (Å²) in [4.78, 5) is 3.72. The summed E-state index contributed by atoms with van der Waals surface area (Å²) in [6.07, 6.45) is 2.76. The monoisotopic (exact) mass is 448 g/mol. The van der Waals surface area contributed by atoms with Crippen LogP contribution in [0.15, 0.2) is 116 Å². The molecular formula is C33H24N2. The standard InChI is InChI=1S/C33H24N2/c1-2-22-17-19-23(20-18-22)21-24-9-7-13-28-26-11-4-6-15-30(26)35(33(24)28)31-16-8-12-27-25-10-3-5-14-29(25)34-32(27)31/h2-20,34H,1,21H2. The Hall–Kier alpha value is -4.56. The van der Waals surface area contributed by atoms with Gasteiger partial charge >= 0.3 is 0 Å². The first-order valence-electron chi connectivity index (χ1n) is 12.0. The minimum atomic E-state index is 0.869. The van der Waals surface area contributed by atoms with Crippen LogP contribution in [0.5, 0.6) is 0 Å². The van der Waals surface area contributed by atoms with Crippen LogP contribution in [-0.2, 0) is 6.42 Å². The van der Waals surface area contributed by atoms with Gasteiger partial charge in [-0.2, -0.15) is 0 Å². The molecule has 0 unspecified atom stereocenters. The first kappa shape index (κ1) is 19.9. The highest BCUT2D eigenvalue weighted by Gasteiger charge is 2.18. The van der Waals surface area contributed by atoms with E-state index in [9.17, 15) is 0 Å². The smallest absolute Gasteiger partial charge is 0.0709 e.